The number of hydrogen-bond donors (Lipinski definition) is 2. The van der Waals surface area contributed by atoms with Gasteiger partial charge in [-0.2, -0.15) is 12.6 Å². The Bertz CT molecular complexity index is 703. The molecule has 0 aromatic carbocycles. The van der Waals surface area contributed by atoms with Crippen LogP contribution >= 0.6 is 12.6 Å². The van der Waals surface area contributed by atoms with Crippen molar-refractivity contribution in [3.05, 3.63) is 0 Å². The van der Waals surface area contributed by atoms with Gasteiger partial charge in [-0.3, -0.25) is 4.79 Å². The lowest BCUT2D eigenvalue weighted by Crippen LogP contribution is -2.16. The van der Waals surface area contributed by atoms with E-state index >= 15 is 0 Å². The SMILES string of the molecule is O=C(O)CCOCCOCCOCCOCCOCCOCCOCCOCCOCCOCCOCCOCCOCCOCCOCCOCCS. The first-order valence-corrected chi connectivity index (χ1v) is 19.5. The average Bonchev–Trinajstić information content (AvgIpc) is 3.17. The number of carboxylic acid groups (broad SMARTS) is 1. The normalized spacial score (nSPS) is 11.6. The average molecular weight is 811 g/mol. The van der Waals surface area contributed by atoms with Crippen LogP contribution in [0.4, 0.5) is 0 Å². The standard InChI is InChI=1S/C35H70O18S/c36-35(37)1-2-38-3-4-39-5-6-40-7-8-41-9-10-42-11-12-43-13-14-44-15-16-45-17-18-46-19-20-47-21-22-48-23-24-49-25-26-50-27-28-51-29-30-52-31-32-53-33-34-54/h54H,1-34H2,(H,36,37). The van der Waals surface area contributed by atoms with Crippen LogP contribution in [0.5, 0.6) is 0 Å². The second-order valence-electron chi connectivity index (χ2n) is 10.7. The Balaban J connectivity index is 3.05. The molecule has 0 atom stereocenters. The lowest BCUT2D eigenvalue weighted by Gasteiger charge is -2.09. The third-order valence-corrected chi connectivity index (χ3v) is 6.46. The molecule has 0 spiro atoms. The maximum absolute atomic E-state index is 10.3. The third-order valence-electron chi connectivity index (χ3n) is 6.28. The van der Waals surface area contributed by atoms with E-state index in [-0.39, 0.29) is 13.0 Å². The van der Waals surface area contributed by atoms with Crippen molar-refractivity contribution in [2.24, 2.45) is 0 Å². The van der Waals surface area contributed by atoms with E-state index in [0.717, 1.165) is 0 Å². The predicted octanol–water partition coefficient (Wildman–Crippen LogP) is 0.657. The van der Waals surface area contributed by atoms with E-state index in [9.17, 15) is 4.79 Å². The molecule has 1 N–H and O–H groups in total. The van der Waals surface area contributed by atoms with Crippen LogP contribution in [-0.4, -0.2) is 228 Å². The van der Waals surface area contributed by atoms with Crippen molar-refractivity contribution in [2.45, 2.75) is 6.42 Å². The first-order valence-electron chi connectivity index (χ1n) is 18.8. The molecule has 0 heterocycles. The summed E-state index contributed by atoms with van der Waals surface area (Å²) in [7, 11) is 0. The van der Waals surface area contributed by atoms with Crippen LogP contribution in [0.1, 0.15) is 6.42 Å². The molecule has 0 aliphatic carbocycles. The summed E-state index contributed by atoms with van der Waals surface area (Å²) in [5.41, 5.74) is 0. The Morgan fingerprint density at radius 1 is 0.259 bits per heavy atom. The molecule has 0 rings (SSSR count). The Hall–Kier alpha value is -0.820. The van der Waals surface area contributed by atoms with Crippen LogP contribution in [-0.2, 0) is 80.6 Å². The van der Waals surface area contributed by atoms with Crippen molar-refractivity contribution in [3.8, 4) is 0 Å². The molecule has 0 saturated heterocycles. The highest BCUT2D eigenvalue weighted by Crippen LogP contribution is 1.89. The number of aliphatic carboxylic acids is 1. The topological polar surface area (TPSA) is 185 Å². The maximum Gasteiger partial charge on any atom is 0.305 e. The zero-order valence-electron chi connectivity index (χ0n) is 32.4. The van der Waals surface area contributed by atoms with Crippen molar-refractivity contribution in [1.82, 2.24) is 0 Å². The summed E-state index contributed by atoms with van der Waals surface area (Å²) >= 11 is 4.07. The Morgan fingerprint density at radius 3 is 0.519 bits per heavy atom. The molecule has 18 nitrogen and oxygen atoms in total. The van der Waals surface area contributed by atoms with Crippen molar-refractivity contribution < 1.29 is 85.7 Å². The summed E-state index contributed by atoms with van der Waals surface area (Å²) in [5, 5.41) is 8.50. The molecule has 54 heavy (non-hydrogen) atoms. The van der Waals surface area contributed by atoms with Gasteiger partial charge < -0.3 is 80.9 Å². The predicted molar refractivity (Wildman–Crippen MR) is 199 cm³/mol. The fourth-order valence-electron chi connectivity index (χ4n) is 3.62. The lowest BCUT2D eigenvalue weighted by atomic mass is 10.5. The van der Waals surface area contributed by atoms with E-state index in [4.69, 9.17) is 80.9 Å². The smallest absolute Gasteiger partial charge is 0.305 e. The minimum absolute atomic E-state index is 0.00552. The van der Waals surface area contributed by atoms with E-state index in [1.54, 1.807) is 0 Å². The summed E-state index contributed by atoms with van der Waals surface area (Å²) in [6.07, 6.45) is -0.00552. The monoisotopic (exact) mass is 810 g/mol. The molecule has 0 aromatic rings. The molecule has 0 bridgehead atoms. The van der Waals surface area contributed by atoms with Gasteiger partial charge in [-0.15, -0.1) is 0 Å². The van der Waals surface area contributed by atoms with Gasteiger partial charge >= 0.3 is 5.97 Å². The maximum atomic E-state index is 10.3. The first-order chi connectivity index (χ1) is 26.8. The minimum Gasteiger partial charge on any atom is -0.481 e. The number of carboxylic acids is 1. The fourth-order valence-corrected chi connectivity index (χ4v) is 3.75. The fraction of sp³-hybridized carbons (Fsp3) is 0.971. The molecular weight excluding hydrogens is 740 g/mol. The van der Waals surface area contributed by atoms with Crippen LogP contribution < -0.4 is 0 Å². The highest BCUT2D eigenvalue weighted by atomic mass is 32.1. The minimum atomic E-state index is -0.877. The van der Waals surface area contributed by atoms with Crippen LogP contribution in [0.15, 0.2) is 0 Å². The quantitative estimate of drug-likeness (QED) is 0.0645. The summed E-state index contributed by atoms with van der Waals surface area (Å²) in [5.74, 6) is -0.163. The molecular formula is C35H70O18S. The van der Waals surface area contributed by atoms with Crippen LogP contribution in [0.25, 0.3) is 0 Å². The second kappa shape index (κ2) is 50.2. The molecule has 0 unspecified atom stereocenters. The summed E-state index contributed by atoms with van der Waals surface area (Å²) in [6.45, 7) is 15.5. The van der Waals surface area contributed by atoms with E-state index in [1.807, 2.05) is 0 Å². The molecule has 19 heteroatoms. The summed E-state index contributed by atoms with van der Waals surface area (Å²) < 4.78 is 86.6. The van der Waals surface area contributed by atoms with Crippen molar-refractivity contribution in [2.75, 3.05) is 217 Å². The molecule has 0 aliphatic heterocycles. The van der Waals surface area contributed by atoms with Crippen LogP contribution in [0.2, 0.25) is 0 Å². The molecule has 0 radical (unpaired) electrons. The van der Waals surface area contributed by atoms with Gasteiger partial charge in [0.2, 0.25) is 0 Å². The molecule has 324 valence electrons. The lowest BCUT2D eigenvalue weighted by molar-refractivity contribution is -0.138. The zero-order valence-corrected chi connectivity index (χ0v) is 33.3. The molecule has 0 aromatic heterocycles. The third kappa shape index (κ3) is 51.2. The highest BCUT2D eigenvalue weighted by Gasteiger charge is 1.99. The van der Waals surface area contributed by atoms with Gasteiger partial charge in [-0.1, -0.05) is 0 Å². The Morgan fingerprint density at radius 2 is 0.389 bits per heavy atom. The number of thiol groups is 1. The summed E-state index contributed by atoms with van der Waals surface area (Å²) in [6, 6.07) is 0. The summed E-state index contributed by atoms with van der Waals surface area (Å²) in [4.78, 5) is 10.3. The van der Waals surface area contributed by atoms with Crippen LogP contribution in [0.3, 0.4) is 0 Å². The van der Waals surface area contributed by atoms with E-state index in [2.05, 4.69) is 12.6 Å². The highest BCUT2D eigenvalue weighted by molar-refractivity contribution is 7.80. The Kier molecular flexibility index (Phi) is 49.4. The Labute approximate surface area is 327 Å². The van der Waals surface area contributed by atoms with Crippen LogP contribution in [0, 0.1) is 0 Å². The number of hydrogen-bond acceptors (Lipinski definition) is 18. The van der Waals surface area contributed by atoms with Gasteiger partial charge in [0.05, 0.1) is 218 Å². The second-order valence-corrected chi connectivity index (χ2v) is 11.1. The first kappa shape index (κ1) is 53.2. The van der Waals surface area contributed by atoms with E-state index in [0.29, 0.717) is 211 Å². The number of carbonyl (C=O) groups is 1. The van der Waals surface area contributed by atoms with Crippen molar-refractivity contribution in [1.29, 1.82) is 0 Å². The van der Waals surface area contributed by atoms with E-state index in [1.165, 1.54) is 0 Å². The van der Waals surface area contributed by atoms with Gasteiger partial charge in [0.1, 0.15) is 0 Å². The van der Waals surface area contributed by atoms with Crippen molar-refractivity contribution in [3.63, 3.8) is 0 Å². The largest absolute Gasteiger partial charge is 0.481 e. The van der Waals surface area contributed by atoms with E-state index < -0.39 is 5.97 Å². The molecule has 0 saturated carbocycles. The molecule has 0 amide bonds. The van der Waals surface area contributed by atoms with Gasteiger partial charge in [-0.25, -0.2) is 0 Å². The van der Waals surface area contributed by atoms with Gasteiger partial charge in [0, 0.05) is 5.75 Å². The zero-order chi connectivity index (χ0) is 38.9. The van der Waals surface area contributed by atoms with Gasteiger partial charge in [0.25, 0.3) is 0 Å². The molecule has 0 aliphatic rings. The number of rotatable bonds is 50. The number of ether oxygens (including phenoxy) is 16. The van der Waals surface area contributed by atoms with Crippen molar-refractivity contribution >= 4 is 18.6 Å². The van der Waals surface area contributed by atoms with Gasteiger partial charge in [-0.05, 0) is 0 Å². The van der Waals surface area contributed by atoms with Gasteiger partial charge in [0.15, 0.2) is 0 Å². The molecule has 0 fully saturated rings.